The molecule has 0 aliphatic carbocycles. The lowest BCUT2D eigenvalue weighted by molar-refractivity contribution is -0.137. The van der Waals surface area contributed by atoms with Crippen molar-refractivity contribution < 1.29 is 27.5 Å². The van der Waals surface area contributed by atoms with Gasteiger partial charge < -0.3 is 5.11 Å². The van der Waals surface area contributed by atoms with Gasteiger partial charge in [-0.2, -0.15) is 13.2 Å². The zero-order valence-electron chi connectivity index (χ0n) is 13.2. The Morgan fingerprint density at radius 1 is 0.808 bits per heavy atom. The van der Waals surface area contributed by atoms with E-state index in [1.165, 1.54) is 42.5 Å². The number of benzene rings is 3. The van der Waals surface area contributed by atoms with Gasteiger partial charge in [-0.05, 0) is 46.5 Å². The third-order valence-electron chi connectivity index (χ3n) is 3.95. The Morgan fingerprint density at radius 3 is 2.04 bits per heavy atom. The SMILES string of the molecule is O=C(O)c1ccccc1-c1ccc(-c2ccc(F)cc2)c(C(F)(F)F)c1. The van der Waals surface area contributed by atoms with Gasteiger partial charge in [0.05, 0.1) is 11.1 Å². The van der Waals surface area contributed by atoms with E-state index in [1.54, 1.807) is 6.07 Å². The van der Waals surface area contributed by atoms with Crippen LogP contribution in [-0.2, 0) is 6.18 Å². The molecule has 0 aliphatic heterocycles. The molecule has 0 bridgehead atoms. The minimum Gasteiger partial charge on any atom is -0.478 e. The predicted octanol–water partition coefficient (Wildman–Crippen LogP) is 5.88. The first-order chi connectivity index (χ1) is 12.3. The molecule has 0 aromatic heterocycles. The number of carboxylic acids is 1. The van der Waals surface area contributed by atoms with E-state index in [1.807, 2.05) is 0 Å². The van der Waals surface area contributed by atoms with Gasteiger partial charge in [0.1, 0.15) is 5.82 Å². The van der Waals surface area contributed by atoms with Gasteiger partial charge in [-0.3, -0.25) is 0 Å². The molecule has 2 nitrogen and oxygen atoms in total. The predicted molar refractivity (Wildman–Crippen MR) is 89.2 cm³/mol. The van der Waals surface area contributed by atoms with E-state index in [0.29, 0.717) is 0 Å². The Hall–Kier alpha value is -3.15. The number of hydrogen-bond acceptors (Lipinski definition) is 1. The second-order valence-corrected chi connectivity index (χ2v) is 5.62. The maximum atomic E-state index is 13.6. The van der Waals surface area contributed by atoms with Crippen LogP contribution in [0.15, 0.2) is 66.7 Å². The van der Waals surface area contributed by atoms with Gasteiger partial charge in [0, 0.05) is 0 Å². The Kier molecular flexibility index (Phi) is 4.50. The quantitative estimate of drug-likeness (QED) is 0.593. The van der Waals surface area contributed by atoms with Crippen LogP contribution >= 0.6 is 0 Å². The first kappa shape index (κ1) is 17.7. The molecule has 0 saturated heterocycles. The fraction of sp³-hybridized carbons (Fsp3) is 0.0500. The van der Waals surface area contributed by atoms with Crippen LogP contribution in [0, 0.1) is 5.82 Å². The molecule has 0 unspecified atom stereocenters. The van der Waals surface area contributed by atoms with Crippen LogP contribution in [0.1, 0.15) is 15.9 Å². The fourth-order valence-electron chi connectivity index (χ4n) is 2.75. The summed E-state index contributed by atoms with van der Waals surface area (Å²) in [6, 6.07) is 14.2. The highest BCUT2D eigenvalue weighted by atomic mass is 19.4. The molecule has 3 rings (SSSR count). The lowest BCUT2D eigenvalue weighted by atomic mass is 9.93. The highest BCUT2D eigenvalue weighted by molar-refractivity contribution is 5.96. The van der Waals surface area contributed by atoms with Gasteiger partial charge in [-0.25, -0.2) is 9.18 Å². The summed E-state index contributed by atoms with van der Waals surface area (Å²) in [5.41, 5.74) is -0.555. The molecule has 1 N–H and O–H groups in total. The Labute approximate surface area is 146 Å². The second-order valence-electron chi connectivity index (χ2n) is 5.62. The van der Waals surface area contributed by atoms with Crippen molar-refractivity contribution in [1.82, 2.24) is 0 Å². The molecule has 26 heavy (non-hydrogen) atoms. The van der Waals surface area contributed by atoms with Crippen molar-refractivity contribution in [3.8, 4) is 22.3 Å². The molecular formula is C20H12F4O2. The van der Waals surface area contributed by atoms with Crippen LogP contribution in [0.25, 0.3) is 22.3 Å². The van der Waals surface area contributed by atoms with Crippen molar-refractivity contribution in [3.05, 3.63) is 83.7 Å². The third kappa shape index (κ3) is 3.44. The topological polar surface area (TPSA) is 37.3 Å². The molecule has 0 heterocycles. The summed E-state index contributed by atoms with van der Waals surface area (Å²) >= 11 is 0. The zero-order chi connectivity index (χ0) is 18.9. The smallest absolute Gasteiger partial charge is 0.417 e. The Morgan fingerprint density at radius 2 is 1.42 bits per heavy atom. The monoisotopic (exact) mass is 360 g/mol. The van der Waals surface area contributed by atoms with Crippen LogP contribution in [0.3, 0.4) is 0 Å². The number of hydrogen-bond donors (Lipinski definition) is 1. The molecule has 3 aromatic carbocycles. The minimum atomic E-state index is -4.65. The summed E-state index contributed by atoms with van der Waals surface area (Å²) < 4.78 is 53.8. The molecule has 0 atom stereocenters. The number of alkyl halides is 3. The zero-order valence-corrected chi connectivity index (χ0v) is 13.2. The molecule has 0 aliphatic rings. The molecule has 6 heteroatoms. The van der Waals surface area contributed by atoms with Crippen molar-refractivity contribution in [1.29, 1.82) is 0 Å². The summed E-state index contributed by atoms with van der Waals surface area (Å²) in [6.07, 6.45) is -4.65. The summed E-state index contributed by atoms with van der Waals surface area (Å²) in [5, 5.41) is 9.26. The minimum absolute atomic E-state index is 0.0878. The molecule has 0 fully saturated rings. The number of carboxylic acid groups (broad SMARTS) is 1. The summed E-state index contributed by atoms with van der Waals surface area (Å²) in [7, 11) is 0. The van der Waals surface area contributed by atoms with Gasteiger partial charge >= 0.3 is 12.1 Å². The van der Waals surface area contributed by atoms with Gasteiger partial charge in [0.2, 0.25) is 0 Å². The van der Waals surface area contributed by atoms with E-state index in [9.17, 15) is 27.5 Å². The number of halogens is 4. The van der Waals surface area contributed by atoms with E-state index in [0.717, 1.165) is 18.2 Å². The lowest BCUT2D eigenvalue weighted by Gasteiger charge is -2.16. The number of aromatic carboxylic acids is 1. The molecular weight excluding hydrogens is 348 g/mol. The summed E-state index contributed by atoms with van der Waals surface area (Å²) in [6.45, 7) is 0. The Bertz CT molecular complexity index is 960. The molecule has 132 valence electrons. The first-order valence-corrected chi connectivity index (χ1v) is 7.57. The molecule has 0 saturated carbocycles. The third-order valence-corrected chi connectivity index (χ3v) is 3.95. The van der Waals surface area contributed by atoms with Crippen molar-refractivity contribution in [2.45, 2.75) is 6.18 Å². The maximum absolute atomic E-state index is 13.6. The lowest BCUT2D eigenvalue weighted by Crippen LogP contribution is -2.08. The highest BCUT2D eigenvalue weighted by Crippen LogP contribution is 2.40. The summed E-state index contributed by atoms with van der Waals surface area (Å²) in [4.78, 5) is 11.3. The standard InChI is InChI=1S/C20H12F4O2/c21-14-8-5-12(6-9-14)16-10-7-13(11-18(16)20(22,23)24)15-3-1-2-4-17(15)19(25)26/h1-11H,(H,25,26). The van der Waals surface area contributed by atoms with Crippen LogP contribution in [0.4, 0.5) is 17.6 Å². The summed E-state index contributed by atoms with van der Waals surface area (Å²) in [5.74, 6) is -1.77. The van der Waals surface area contributed by atoms with Crippen molar-refractivity contribution >= 4 is 5.97 Å². The normalized spacial score (nSPS) is 11.4. The van der Waals surface area contributed by atoms with E-state index in [4.69, 9.17) is 0 Å². The Balaban J connectivity index is 2.20. The second kappa shape index (κ2) is 6.63. The largest absolute Gasteiger partial charge is 0.478 e. The van der Waals surface area contributed by atoms with Crippen LogP contribution in [-0.4, -0.2) is 11.1 Å². The first-order valence-electron chi connectivity index (χ1n) is 7.57. The fourth-order valence-corrected chi connectivity index (χ4v) is 2.75. The van der Waals surface area contributed by atoms with Gasteiger partial charge in [-0.1, -0.05) is 42.5 Å². The van der Waals surface area contributed by atoms with Crippen molar-refractivity contribution in [3.63, 3.8) is 0 Å². The van der Waals surface area contributed by atoms with Crippen LogP contribution < -0.4 is 0 Å². The van der Waals surface area contributed by atoms with Crippen molar-refractivity contribution in [2.75, 3.05) is 0 Å². The van der Waals surface area contributed by atoms with Crippen LogP contribution in [0.5, 0.6) is 0 Å². The van der Waals surface area contributed by atoms with E-state index in [2.05, 4.69) is 0 Å². The molecule has 0 amide bonds. The van der Waals surface area contributed by atoms with Gasteiger partial charge in [0.25, 0.3) is 0 Å². The van der Waals surface area contributed by atoms with E-state index >= 15 is 0 Å². The van der Waals surface area contributed by atoms with Crippen LogP contribution in [0.2, 0.25) is 0 Å². The molecule has 0 spiro atoms. The molecule has 0 radical (unpaired) electrons. The van der Waals surface area contributed by atoms with E-state index in [-0.39, 0.29) is 27.8 Å². The number of carbonyl (C=O) groups is 1. The van der Waals surface area contributed by atoms with Gasteiger partial charge in [-0.15, -0.1) is 0 Å². The highest BCUT2D eigenvalue weighted by Gasteiger charge is 2.34. The maximum Gasteiger partial charge on any atom is 0.417 e. The average molecular weight is 360 g/mol. The average Bonchev–Trinajstić information content (AvgIpc) is 2.61. The van der Waals surface area contributed by atoms with Crippen molar-refractivity contribution in [2.24, 2.45) is 0 Å². The van der Waals surface area contributed by atoms with Gasteiger partial charge in [0.15, 0.2) is 0 Å². The molecule has 3 aromatic rings. The number of rotatable bonds is 3. The van der Waals surface area contributed by atoms with E-state index < -0.39 is 23.5 Å².